The van der Waals surface area contributed by atoms with Crippen molar-refractivity contribution in [2.45, 2.75) is 0 Å². The number of halogens is 1. The van der Waals surface area contributed by atoms with Gasteiger partial charge in [-0.25, -0.2) is 0 Å². The van der Waals surface area contributed by atoms with Gasteiger partial charge in [0.1, 0.15) is 12.4 Å². The molecule has 0 unspecified atom stereocenters. The number of methoxy groups -OCH3 is 1. The van der Waals surface area contributed by atoms with E-state index in [1.165, 1.54) is 31.4 Å². The number of non-ortho nitro benzene ring substituents is 1. The number of hydrazine groups is 1. The molecule has 0 atom stereocenters. The first kappa shape index (κ1) is 23.2. The molecule has 0 aliphatic heterocycles. The highest BCUT2D eigenvalue weighted by molar-refractivity contribution is 9.10. The van der Waals surface area contributed by atoms with E-state index in [4.69, 9.17) is 21.7 Å². The zero-order valence-corrected chi connectivity index (χ0v) is 18.0. The number of benzene rings is 2. The van der Waals surface area contributed by atoms with E-state index in [9.17, 15) is 19.7 Å². The molecule has 2 aromatic carbocycles. The standard InChI is InChI=1S/C18H17BrN4O6S/c1-28-8-9-29-15-7-4-12(19)10-14(15)17(25)20-18(30)22-21-16(24)11-2-5-13(6-3-11)23(26)27/h2-7,10H,8-9H2,1H3,(H,21,24)(H2,20,22,25,30). The number of carbonyl (C=O) groups is 2. The van der Waals surface area contributed by atoms with E-state index >= 15 is 0 Å². The minimum atomic E-state index is -0.590. The van der Waals surface area contributed by atoms with Crippen molar-refractivity contribution >= 4 is 50.8 Å². The van der Waals surface area contributed by atoms with Crippen LogP contribution in [0, 0.1) is 10.1 Å². The average Bonchev–Trinajstić information content (AvgIpc) is 2.73. The Kier molecular flexibility index (Phi) is 8.65. The number of nitro benzene ring substituents is 1. The maximum atomic E-state index is 12.5. The number of nitro groups is 1. The van der Waals surface area contributed by atoms with Crippen LogP contribution in [0.4, 0.5) is 5.69 Å². The van der Waals surface area contributed by atoms with Gasteiger partial charge in [-0.2, -0.15) is 0 Å². The van der Waals surface area contributed by atoms with E-state index < -0.39 is 16.7 Å². The quantitative estimate of drug-likeness (QED) is 0.230. The van der Waals surface area contributed by atoms with Gasteiger partial charge in [-0.15, -0.1) is 0 Å². The molecule has 0 aliphatic rings. The smallest absolute Gasteiger partial charge is 0.269 e. The monoisotopic (exact) mass is 496 g/mol. The fourth-order valence-electron chi connectivity index (χ4n) is 2.16. The molecule has 10 nitrogen and oxygen atoms in total. The van der Waals surface area contributed by atoms with E-state index in [1.807, 2.05) is 0 Å². The summed E-state index contributed by atoms with van der Waals surface area (Å²) in [4.78, 5) is 34.7. The van der Waals surface area contributed by atoms with Crippen molar-refractivity contribution in [3.63, 3.8) is 0 Å². The van der Waals surface area contributed by atoms with Gasteiger partial charge in [0.15, 0.2) is 5.11 Å². The Bertz CT molecular complexity index is 954. The molecule has 2 rings (SSSR count). The first-order valence-electron chi connectivity index (χ1n) is 8.39. The Labute approximate surface area is 185 Å². The molecule has 0 aromatic heterocycles. The lowest BCUT2D eigenvalue weighted by molar-refractivity contribution is -0.384. The van der Waals surface area contributed by atoms with Gasteiger partial charge in [-0.1, -0.05) is 15.9 Å². The molecule has 30 heavy (non-hydrogen) atoms. The van der Waals surface area contributed by atoms with Crippen LogP contribution < -0.4 is 20.9 Å². The number of rotatable bonds is 7. The molecule has 12 heteroatoms. The predicted octanol–water partition coefficient (Wildman–Crippen LogP) is 2.33. The molecule has 0 radical (unpaired) electrons. The number of ether oxygens (including phenoxy) is 2. The Morgan fingerprint density at radius 2 is 1.80 bits per heavy atom. The lowest BCUT2D eigenvalue weighted by Gasteiger charge is -2.14. The molecule has 0 aliphatic carbocycles. The van der Waals surface area contributed by atoms with E-state index in [0.29, 0.717) is 16.8 Å². The first-order valence-corrected chi connectivity index (χ1v) is 9.59. The number of nitrogens with zero attached hydrogens (tertiary/aromatic N) is 1. The predicted molar refractivity (Wildman–Crippen MR) is 115 cm³/mol. The lowest BCUT2D eigenvalue weighted by Crippen LogP contribution is -2.48. The molecule has 0 spiro atoms. The Hall–Kier alpha value is -3.09. The summed E-state index contributed by atoms with van der Waals surface area (Å²) in [6.45, 7) is 0.609. The topological polar surface area (TPSA) is 132 Å². The fraction of sp³-hybridized carbons (Fsp3) is 0.167. The summed E-state index contributed by atoms with van der Waals surface area (Å²) in [5.41, 5.74) is 4.96. The van der Waals surface area contributed by atoms with Gasteiger partial charge >= 0.3 is 0 Å². The number of amides is 2. The van der Waals surface area contributed by atoms with E-state index in [0.717, 1.165) is 0 Å². The van der Waals surface area contributed by atoms with Crippen molar-refractivity contribution < 1.29 is 24.0 Å². The van der Waals surface area contributed by atoms with Crippen molar-refractivity contribution in [1.29, 1.82) is 0 Å². The maximum absolute atomic E-state index is 12.5. The summed E-state index contributed by atoms with van der Waals surface area (Å²) in [5.74, 6) is -0.802. The van der Waals surface area contributed by atoms with Crippen molar-refractivity contribution in [2.24, 2.45) is 0 Å². The Balaban J connectivity index is 1.94. The van der Waals surface area contributed by atoms with Gasteiger partial charge in [-0.05, 0) is 42.5 Å². The van der Waals surface area contributed by atoms with Crippen molar-refractivity contribution in [3.05, 3.63) is 68.2 Å². The van der Waals surface area contributed by atoms with Crippen LogP contribution >= 0.6 is 28.1 Å². The Morgan fingerprint density at radius 1 is 1.10 bits per heavy atom. The molecule has 0 saturated heterocycles. The van der Waals surface area contributed by atoms with Gasteiger partial charge in [0.2, 0.25) is 0 Å². The molecular weight excluding hydrogens is 480 g/mol. The van der Waals surface area contributed by atoms with Crippen LogP contribution in [0.1, 0.15) is 20.7 Å². The minimum Gasteiger partial charge on any atom is -0.490 e. The summed E-state index contributed by atoms with van der Waals surface area (Å²) in [7, 11) is 1.54. The third-order valence-corrected chi connectivity index (χ3v) is 4.29. The van der Waals surface area contributed by atoms with Gasteiger partial charge in [0.25, 0.3) is 17.5 Å². The number of carbonyl (C=O) groups excluding carboxylic acids is 2. The summed E-state index contributed by atoms with van der Waals surface area (Å²) in [5, 5.41) is 12.9. The van der Waals surface area contributed by atoms with E-state index in [2.05, 4.69) is 32.1 Å². The third-order valence-electron chi connectivity index (χ3n) is 3.59. The molecule has 2 aromatic rings. The third kappa shape index (κ3) is 6.76. The average molecular weight is 497 g/mol. The first-order chi connectivity index (χ1) is 14.3. The largest absolute Gasteiger partial charge is 0.490 e. The zero-order chi connectivity index (χ0) is 22.1. The maximum Gasteiger partial charge on any atom is 0.269 e. The number of hydrogen-bond acceptors (Lipinski definition) is 7. The van der Waals surface area contributed by atoms with Crippen LogP contribution in [0.25, 0.3) is 0 Å². The van der Waals surface area contributed by atoms with Gasteiger partial charge in [-0.3, -0.25) is 35.9 Å². The molecule has 3 N–H and O–H groups in total. The van der Waals surface area contributed by atoms with Gasteiger partial charge < -0.3 is 9.47 Å². The molecule has 0 heterocycles. The fourth-order valence-corrected chi connectivity index (χ4v) is 2.67. The highest BCUT2D eigenvalue weighted by Crippen LogP contribution is 2.23. The molecular formula is C18H17BrN4O6S. The highest BCUT2D eigenvalue weighted by Gasteiger charge is 2.16. The second-order valence-electron chi connectivity index (χ2n) is 5.65. The van der Waals surface area contributed by atoms with E-state index in [1.54, 1.807) is 18.2 Å². The SMILES string of the molecule is COCCOc1ccc(Br)cc1C(=O)NC(=S)NNC(=O)c1ccc([N+](=O)[O-])cc1. The normalized spacial score (nSPS) is 10.1. The van der Waals surface area contributed by atoms with Crippen LogP contribution in [0.15, 0.2) is 46.9 Å². The molecule has 0 saturated carbocycles. The van der Waals surface area contributed by atoms with Crippen molar-refractivity contribution in [2.75, 3.05) is 20.3 Å². The van der Waals surface area contributed by atoms with Crippen LogP contribution in [-0.2, 0) is 4.74 Å². The van der Waals surface area contributed by atoms with Gasteiger partial charge in [0, 0.05) is 29.3 Å². The Morgan fingerprint density at radius 3 is 2.43 bits per heavy atom. The van der Waals surface area contributed by atoms with Crippen LogP contribution in [0.5, 0.6) is 5.75 Å². The van der Waals surface area contributed by atoms with Gasteiger partial charge in [0.05, 0.1) is 17.1 Å². The lowest BCUT2D eigenvalue weighted by atomic mass is 10.2. The van der Waals surface area contributed by atoms with Crippen LogP contribution in [0.2, 0.25) is 0 Å². The van der Waals surface area contributed by atoms with Crippen molar-refractivity contribution in [1.82, 2.24) is 16.2 Å². The summed E-state index contributed by atoms with van der Waals surface area (Å²) in [6.07, 6.45) is 0. The second kappa shape index (κ2) is 11.2. The highest BCUT2D eigenvalue weighted by atomic mass is 79.9. The molecule has 2 amide bonds. The number of nitrogens with one attached hydrogen (secondary N) is 3. The second-order valence-corrected chi connectivity index (χ2v) is 6.97. The summed E-state index contributed by atoms with van der Waals surface area (Å²) >= 11 is 8.31. The van der Waals surface area contributed by atoms with Crippen LogP contribution in [-0.4, -0.2) is 42.2 Å². The molecule has 158 valence electrons. The van der Waals surface area contributed by atoms with Crippen molar-refractivity contribution in [3.8, 4) is 5.75 Å². The van der Waals surface area contributed by atoms with E-state index in [-0.39, 0.29) is 28.5 Å². The zero-order valence-electron chi connectivity index (χ0n) is 15.6. The molecule has 0 fully saturated rings. The summed E-state index contributed by atoms with van der Waals surface area (Å²) in [6, 6.07) is 9.90. The minimum absolute atomic E-state index is 0.139. The van der Waals surface area contributed by atoms with Crippen LogP contribution in [0.3, 0.4) is 0 Å². The molecule has 0 bridgehead atoms. The number of hydrogen-bond donors (Lipinski definition) is 3. The number of thiocarbonyl (C=S) groups is 1. The summed E-state index contributed by atoms with van der Waals surface area (Å²) < 4.78 is 11.1.